The zero-order valence-corrected chi connectivity index (χ0v) is 13.5. The second kappa shape index (κ2) is 7.81. The van der Waals surface area contributed by atoms with Gasteiger partial charge in [-0.3, -0.25) is 4.79 Å². The molecule has 0 fully saturated rings. The minimum atomic E-state index is -1.06. The van der Waals surface area contributed by atoms with E-state index in [1.807, 2.05) is 0 Å². The Hall–Kier alpha value is -2.57. The van der Waals surface area contributed by atoms with E-state index in [4.69, 9.17) is 22.4 Å². The number of rotatable bonds is 7. The van der Waals surface area contributed by atoms with Gasteiger partial charge in [-0.15, -0.1) is 0 Å². The zero-order chi connectivity index (χ0) is 17.7. The first-order valence-corrected chi connectivity index (χ1v) is 7.61. The number of nitrogens with two attached hydrogens (primary N) is 1. The van der Waals surface area contributed by atoms with Gasteiger partial charge in [-0.05, 0) is 30.3 Å². The van der Waals surface area contributed by atoms with E-state index in [0.29, 0.717) is 22.0 Å². The molecule has 0 aliphatic carbocycles. The molecule has 24 heavy (non-hydrogen) atoms. The lowest BCUT2D eigenvalue weighted by Crippen LogP contribution is -2.17. The molecule has 5 N–H and O–H groups in total. The standard InChI is InChI=1S/C17H17ClN2O4/c18-16-11(10(9-19)8-15(21)22)5-3-7-14(16)20-13-6-2-1-4-12(13)17(23)24/h1-7,10,20H,8-9,19H2,(H,21,22)(H,23,24)/t10-/m0/s1. The van der Waals surface area contributed by atoms with Gasteiger partial charge >= 0.3 is 11.9 Å². The number of hydrogen-bond donors (Lipinski definition) is 4. The number of anilines is 2. The molecule has 2 aromatic carbocycles. The van der Waals surface area contributed by atoms with Crippen molar-refractivity contribution < 1.29 is 19.8 Å². The van der Waals surface area contributed by atoms with Crippen molar-refractivity contribution in [2.45, 2.75) is 12.3 Å². The average molecular weight is 349 g/mol. The van der Waals surface area contributed by atoms with Gasteiger partial charge in [-0.2, -0.15) is 0 Å². The lowest BCUT2D eigenvalue weighted by atomic mass is 9.95. The molecule has 0 saturated heterocycles. The van der Waals surface area contributed by atoms with Gasteiger partial charge in [-0.1, -0.05) is 35.9 Å². The van der Waals surface area contributed by atoms with Crippen molar-refractivity contribution in [3.05, 3.63) is 58.6 Å². The predicted octanol–water partition coefficient (Wildman–Crippen LogP) is 3.30. The fraction of sp³-hybridized carbons (Fsp3) is 0.176. The summed E-state index contributed by atoms with van der Waals surface area (Å²) in [5, 5.41) is 21.5. The lowest BCUT2D eigenvalue weighted by Gasteiger charge is -2.18. The van der Waals surface area contributed by atoms with Crippen LogP contribution in [0.25, 0.3) is 0 Å². The molecule has 7 heteroatoms. The summed E-state index contributed by atoms with van der Waals surface area (Å²) in [6.07, 6.45) is -0.134. The van der Waals surface area contributed by atoms with Gasteiger partial charge in [-0.25, -0.2) is 4.79 Å². The van der Waals surface area contributed by atoms with Gasteiger partial charge in [0.2, 0.25) is 0 Å². The minimum absolute atomic E-state index is 0.111. The summed E-state index contributed by atoms with van der Waals surface area (Å²) >= 11 is 6.39. The largest absolute Gasteiger partial charge is 0.481 e. The fourth-order valence-electron chi connectivity index (χ4n) is 2.42. The van der Waals surface area contributed by atoms with Crippen LogP contribution in [0.1, 0.15) is 28.3 Å². The highest BCUT2D eigenvalue weighted by Gasteiger charge is 2.19. The number of benzene rings is 2. The quantitative estimate of drug-likeness (QED) is 0.610. The number of aromatic carboxylic acids is 1. The number of carboxylic acid groups (broad SMARTS) is 2. The maximum atomic E-state index is 11.3. The lowest BCUT2D eigenvalue weighted by molar-refractivity contribution is -0.137. The number of aliphatic carboxylic acids is 1. The van der Waals surface area contributed by atoms with Crippen LogP contribution in [0.2, 0.25) is 5.02 Å². The van der Waals surface area contributed by atoms with Crippen LogP contribution in [0.5, 0.6) is 0 Å². The fourth-order valence-corrected chi connectivity index (χ4v) is 2.74. The SMILES string of the molecule is NC[C@H](CC(=O)O)c1cccc(Nc2ccccc2C(=O)O)c1Cl. The van der Waals surface area contributed by atoms with E-state index >= 15 is 0 Å². The summed E-state index contributed by atoms with van der Waals surface area (Å²) in [5.74, 6) is -2.45. The van der Waals surface area contributed by atoms with Crippen molar-refractivity contribution in [1.82, 2.24) is 0 Å². The van der Waals surface area contributed by atoms with Gasteiger partial charge in [0.25, 0.3) is 0 Å². The molecule has 0 aromatic heterocycles. The van der Waals surface area contributed by atoms with E-state index < -0.39 is 17.9 Å². The second-order valence-electron chi connectivity index (χ2n) is 5.22. The van der Waals surface area contributed by atoms with Gasteiger partial charge < -0.3 is 21.3 Å². The summed E-state index contributed by atoms with van der Waals surface area (Å²) < 4.78 is 0. The molecular weight excluding hydrogens is 332 g/mol. The Balaban J connectivity index is 2.38. The first-order valence-electron chi connectivity index (χ1n) is 7.23. The molecule has 1 atom stereocenters. The minimum Gasteiger partial charge on any atom is -0.481 e. The van der Waals surface area contributed by atoms with E-state index in [0.717, 1.165) is 0 Å². The Bertz CT molecular complexity index is 764. The molecule has 2 rings (SSSR count). The number of carbonyl (C=O) groups is 2. The molecule has 0 spiro atoms. The van der Waals surface area contributed by atoms with E-state index in [1.54, 1.807) is 36.4 Å². The topological polar surface area (TPSA) is 113 Å². The van der Waals surface area contributed by atoms with Crippen LogP contribution in [-0.2, 0) is 4.79 Å². The predicted molar refractivity (Wildman–Crippen MR) is 92.2 cm³/mol. The smallest absolute Gasteiger partial charge is 0.337 e. The highest BCUT2D eigenvalue weighted by Crippen LogP contribution is 2.34. The van der Waals surface area contributed by atoms with E-state index in [1.165, 1.54) is 6.07 Å². The van der Waals surface area contributed by atoms with Crippen molar-refractivity contribution in [2.24, 2.45) is 5.73 Å². The summed E-state index contributed by atoms with van der Waals surface area (Å²) in [6.45, 7) is 0.140. The van der Waals surface area contributed by atoms with Crippen LogP contribution in [0.4, 0.5) is 11.4 Å². The molecule has 2 aromatic rings. The third kappa shape index (κ3) is 4.04. The molecule has 0 heterocycles. The summed E-state index contributed by atoms with van der Waals surface area (Å²) in [7, 11) is 0. The van der Waals surface area contributed by atoms with Crippen molar-refractivity contribution in [3.63, 3.8) is 0 Å². The van der Waals surface area contributed by atoms with Crippen LogP contribution >= 0.6 is 11.6 Å². The normalized spacial score (nSPS) is 11.8. The summed E-state index contributed by atoms with van der Waals surface area (Å²) in [6, 6.07) is 11.6. The molecule has 0 aliphatic rings. The number of carboxylic acids is 2. The zero-order valence-electron chi connectivity index (χ0n) is 12.7. The van der Waals surface area contributed by atoms with Gasteiger partial charge in [0.05, 0.1) is 28.4 Å². The molecule has 0 aliphatic heterocycles. The first-order chi connectivity index (χ1) is 11.4. The van der Waals surface area contributed by atoms with Crippen molar-refractivity contribution in [3.8, 4) is 0 Å². The molecule has 0 unspecified atom stereocenters. The Labute approximate surface area is 143 Å². The Morgan fingerprint density at radius 2 is 1.75 bits per heavy atom. The summed E-state index contributed by atoms with van der Waals surface area (Å²) in [5.41, 5.74) is 7.28. The Morgan fingerprint density at radius 1 is 1.08 bits per heavy atom. The number of para-hydroxylation sites is 1. The van der Waals surface area contributed by atoms with Crippen LogP contribution in [0.15, 0.2) is 42.5 Å². The molecule has 0 saturated carbocycles. The maximum Gasteiger partial charge on any atom is 0.337 e. The maximum absolute atomic E-state index is 11.3. The molecule has 0 radical (unpaired) electrons. The summed E-state index contributed by atoms with van der Waals surface area (Å²) in [4.78, 5) is 22.3. The number of halogens is 1. The van der Waals surface area contributed by atoms with E-state index in [9.17, 15) is 14.7 Å². The highest BCUT2D eigenvalue weighted by atomic mass is 35.5. The monoisotopic (exact) mass is 348 g/mol. The van der Waals surface area contributed by atoms with Crippen molar-refractivity contribution in [1.29, 1.82) is 0 Å². The number of hydrogen-bond acceptors (Lipinski definition) is 4. The Morgan fingerprint density at radius 3 is 2.38 bits per heavy atom. The first kappa shape index (κ1) is 17.8. The van der Waals surface area contributed by atoms with Gasteiger partial charge in [0.1, 0.15) is 0 Å². The molecular formula is C17H17ClN2O4. The van der Waals surface area contributed by atoms with Crippen LogP contribution < -0.4 is 11.1 Å². The number of nitrogens with one attached hydrogen (secondary N) is 1. The van der Waals surface area contributed by atoms with Crippen molar-refractivity contribution in [2.75, 3.05) is 11.9 Å². The average Bonchev–Trinajstić information content (AvgIpc) is 2.55. The molecule has 0 amide bonds. The van der Waals surface area contributed by atoms with E-state index in [-0.39, 0.29) is 18.5 Å². The third-order valence-electron chi connectivity index (χ3n) is 3.60. The molecule has 6 nitrogen and oxygen atoms in total. The molecule has 0 bridgehead atoms. The Kier molecular flexibility index (Phi) is 5.78. The van der Waals surface area contributed by atoms with E-state index in [2.05, 4.69) is 5.32 Å². The second-order valence-corrected chi connectivity index (χ2v) is 5.59. The van der Waals surface area contributed by atoms with Crippen LogP contribution in [0.3, 0.4) is 0 Å². The van der Waals surface area contributed by atoms with Crippen molar-refractivity contribution >= 4 is 34.9 Å². The van der Waals surface area contributed by atoms with Crippen LogP contribution in [-0.4, -0.2) is 28.7 Å². The third-order valence-corrected chi connectivity index (χ3v) is 4.02. The van der Waals surface area contributed by atoms with Crippen LogP contribution in [0, 0.1) is 0 Å². The molecule has 126 valence electrons. The highest BCUT2D eigenvalue weighted by molar-refractivity contribution is 6.34. The van der Waals surface area contributed by atoms with Gasteiger partial charge in [0, 0.05) is 5.92 Å². The van der Waals surface area contributed by atoms with Gasteiger partial charge in [0.15, 0.2) is 0 Å².